The maximum absolute atomic E-state index is 14.8. The van der Waals surface area contributed by atoms with Gasteiger partial charge in [0, 0.05) is 29.8 Å². The summed E-state index contributed by atoms with van der Waals surface area (Å²) in [6.45, 7) is 2.24. The summed E-state index contributed by atoms with van der Waals surface area (Å²) in [5, 5.41) is 6.07. The number of nitrogens with two attached hydrogens (primary N) is 1. The Morgan fingerprint density at radius 1 is 1.05 bits per heavy atom. The molecule has 0 bridgehead atoms. The number of halogens is 3. The van der Waals surface area contributed by atoms with Crippen LogP contribution >= 0.6 is 0 Å². The molecule has 0 aliphatic carbocycles. The Labute approximate surface area is 224 Å². The highest BCUT2D eigenvalue weighted by molar-refractivity contribution is 7.92. The maximum Gasteiger partial charge on any atom is 0.189 e. The van der Waals surface area contributed by atoms with Gasteiger partial charge in [-0.25, -0.2) is 27.2 Å². The molecule has 2 unspecified atom stereocenters. The molecular formula is C27H28F3N5O3S. The third-order valence-corrected chi connectivity index (χ3v) is 8.49. The van der Waals surface area contributed by atoms with Gasteiger partial charge in [0.15, 0.2) is 27.1 Å². The summed E-state index contributed by atoms with van der Waals surface area (Å²) in [5.41, 5.74) is 8.25. The molecule has 0 spiro atoms. The summed E-state index contributed by atoms with van der Waals surface area (Å²) >= 11 is 0. The lowest BCUT2D eigenvalue weighted by Crippen LogP contribution is -2.27. The first-order chi connectivity index (χ1) is 18.6. The zero-order valence-corrected chi connectivity index (χ0v) is 22.2. The van der Waals surface area contributed by atoms with E-state index in [1.165, 1.54) is 37.4 Å². The summed E-state index contributed by atoms with van der Waals surface area (Å²) in [7, 11) is -3.66. The molecule has 0 radical (unpaired) electrons. The summed E-state index contributed by atoms with van der Waals surface area (Å²) in [6, 6.07) is 11.8. The monoisotopic (exact) mass is 559 g/mol. The van der Waals surface area contributed by atoms with Crippen LogP contribution in [0.1, 0.15) is 25.8 Å². The van der Waals surface area contributed by atoms with Gasteiger partial charge in [0.25, 0.3) is 0 Å². The van der Waals surface area contributed by atoms with Crippen LogP contribution < -0.4 is 11.1 Å². The van der Waals surface area contributed by atoms with E-state index in [0.717, 1.165) is 0 Å². The third-order valence-electron chi connectivity index (χ3n) is 6.26. The fourth-order valence-corrected chi connectivity index (χ4v) is 5.19. The van der Waals surface area contributed by atoms with Gasteiger partial charge in [-0.15, -0.1) is 0 Å². The molecule has 0 fully saturated rings. The molecule has 0 aliphatic rings. The largest absolute Gasteiger partial charge is 0.382 e. The molecule has 8 nitrogen and oxygen atoms in total. The lowest BCUT2D eigenvalue weighted by molar-refractivity contribution is 0.391. The molecule has 4 aromatic rings. The minimum atomic E-state index is -3.66. The molecule has 0 amide bonds. The second-order valence-corrected chi connectivity index (χ2v) is 11.5. The molecule has 2 atom stereocenters. The van der Waals surface area contributed by atoms with Crippen molar-refractivity contribution in [3.05, 3.63) is 66.1 Å². The average Bonchev–Trinajstić information content (AvgIpc) is 3.42. The first kappa shape index (κ1) is 28.2. The van der Waals surface area contributed by atoms with Crippen molar-refractivity contribution in [1.29, 1.82) is 0 Å². The fourth-order valence-electron chi connectivity index (χ4n) is 3.81. The van der Waals surface area contributed by atoms with Gasteiger partial charge < -0.3 is 15.6 Å². The van der Waals surface area contributed by atoms with Gasteiger partial charge in [0.1, 0.15) is 18.2 Å². The van der Waals surface area contributed by atoms with Crippen LogP contribution in [0.2, 0.25) is 0 Å². The van der Waals surface area contributed by atoms with Gasteiger partial charge in [-0.2, -0.15) is 0 Å². The molecule has 2 heterocycles. The third kappa shape index (κ3) is 6.28. The normalized spacial score (nSPS) is 13.4. The van der Waals surface area contributed by atoms with Gasteiger partial charge in [0.05, 0.1) is 28.7 Å². The number of rotatable bonds is 11. The van der Waals surface area contributed by atoms with Crippen LogP contribution in [-0.2, 0) is 16.4 Å². The molecule has 3 N–H and O–H groups in total. The second-order valence-electron chi connectivity index (χ2n) is 9.17. The van der Waals surface area contributed by atoms with E-state index in [1.54, 1.807) is 31.2 Å². The van der Waals surface area contributed by atoms with Gasteiger partial charge in [0.2, 0.25) is 0 Å². The Bertz CT molecular complexity index is 1540. The average molecular weight is 560 g/mol. The lowest BCUT2D eigenvalue weighted by atomic mass is 10.1. The van der Waals surface area contributed by atoms with Crippen molar-refractivity contribution in [3.63, 3.8) is 0 Å². The van der Waals surface area contributed by atoms with E-state index in [9.17, 15) is 21.6 Å². The Balaban J connectivity index is 1.57. The minimum absolute atomic E-state index is 0.0598. The van der Waals surface area contributed by atoms with Crippen LogP contribution in [0.3, 0.4) is 0 Å². The number of hydrogen-bond acceptors (Lipinski definition) is 8. The summed E-state index contributed by atoms with van der Waals surface area (Å²) in [6.07, 6.45) is 1.35. The molecular weight excluding hydrogens is 531 g/mol. The number of hydrogen-bond donors (Lipinski definition) is 2. The standard InChI is InChI=1S/C27H28F3N5O3S/c1-16(13-29)32-14-18-3-8-21(22(30)11-18)23-12-25(38-35-23)26-27(31)33-15-24(34-26)19-4-6-20(7-5-19)39(36,37)17(2)9-10-28/h3-8,11-12,15-17,32H,9-10,13-14H2,1-2H3,(H2,31,33). The Kier molecular flexibility index (Phi) is 8.66. The van der Waals surface area contributed by atoms with E-state index in [1.807, 2.05) is 0 Å². The molecule has 206 valence electrons. The fraction of sp³-hybridized carbons (Fsp3) is 0.296. The summed E-state index contributed by atoms with van der Waals surface area (Å²) < 4.78 is 70.8. The van der Waals surface area contributed by atoms with Crippen molar-refractivity contribution in [2.24, 2.45) is 0 Å². The number of anilines is 1. The summed E-state index contributed by atoms with van der Waals surface area (Å²) in [4.78, 5) is 8.76. The van der Waals surface area contributed by atoms with E-state index in [2.05, 4.69) is 20.4 Å². The zero-order valence-electron chi connectivity index (χ0n) is 21.4. The van der Waals surface area contributed by atoms with E-state index in [4.69, 9.17) is 10.3 Å². The van der Waals surface area contributed by atoms with Crippen LogP contribution in [-0.4, -0.2) is 48.2 Å². The highest BCUT2D eigenvalue weighted by atomic mass is 32.2. The Morgan fingerprint density at radius 2 is 1.79 bits per heavy atom. The lowest BCUT2D eigenvalue weighted by Gasteiger charge is -2.12. The molecule has 0 saturated carbocycles. The van der Waals surface area contributed by atoms with Gasteiger partial charge in [-0.3, -0.25) is 4.39 Å². The zero-order chi connectivity index (χ0) is 28.2. The highest BCUT2D eigenvalue weighted by Crippen LogP contribution is 2.31. The van der Waals surface area contributed by atoms with Gasteiger partial charge in [-0.1, -0.05) is 23.4 Å². The molecule has 0 aliphatic heterocycles. The van der Waals surface area contributed by atoms with Crippen molar-refractivity contribution in [2.75, 3.05) is 19.1 Å². The van der Waals surface area contributed by atoms with E-state index < -0.39 is 34.3 Å². The number of nitrogen functional groups attached to an aromatic ring is 1. The van der Waals surface area contributed by atoms with Crippen molar-refractivity contribution in [3.8, 4) is 34.0 Å². The molecule has 39 heavy (non-hydrogen) atoms. The first-order valence-corrected chi connectivity index (χ1v) is 13.8. The van der Waals surface area contributed by atoms with Crippen LogP contribution in [0.4, 0.5) is 19.0 Å². The first-order valence-electron chi connectivity index (χ1n) is 12.2. The predicted octanol–water partition coefficient (Wildman–Crippen LogP) is 5.16. The van der Waals surface area contributed by atoms with Gasteiger partial charge >= 0.3 is 0 Å². The molecule has 0 saturated heterocycles. The smallest absolute Gasteiger partial charge is 0.189 e. The SMILES string of the molecule is CC(CF)NCc1ccc(-c2cc(-c3nc(-c4ccc(S(=O)(=O)C(C)CCF)cc4)cnc3N)on2)c(F)c1. The maximum atomic E-state index is 14.8. The van der Waals surface area contributed by atoms with Crippen LogP contribution in [0.5, 0.6) is 0 Å². The second kappa shape index (κ2) is 12.0. The van der Waals surface area contributed by atoms with Crippen molar-refractivity contribution < 1.29 is 26.1 Å². The number of nitrogens with one attached hydrogen (secondary N) is 1. The Hall–Kier alpha value is -3.77. The van der Waals surface area contributed by atoms with Crippen molar-refractivity contribution in [2.45, 2.75) is 43.0 Å². The van der Waals surface area contributed by atoms with Crippen molar-refractivity contribution >= 4 is 15.7 Å². The minimum Gasteiger partial charge on any atom is -0.382 e. The topological polar surface area (TPSA) is 124 Å². The quantitative estimate of drug-likeness (QED) is 0.258. The van der Waals surface area contributed by atoms with Crippen molar-refractivity contribution in [1.82, 2.24) is 20.4 Å². The van der Waals surface area contributed by atoms with Crippen LogP contribution in [0.25, 0.3) is 34.0 Å². The van der Waals surface area contributed by atoms with E-state index >= 15 is 0 Å². The van der Waals surface area contributed by atoms with Gasteiger partial charge in [-0.05, 0) is 50.1 Å². The molecule has 12 heteroatoms. The number of alkyl halides is 2. The number of nitrogens with zero attached hydrogens (tertiary/aromatic N) is 3. The highest BCUT2D eigenvalue weighted by Gasteiger charge is 2.23. The molecule has 2 aromatic heterocycles. The Morgan fingerprint density at radius 3 is 2.46 bits per heavy atom. The van der Waals surface area contributed by atoms with Crippen LogP contribution in [0, 0.1) is 5.82 Å². The summed E-state index contributed by atoms with van der Waals surface area (Å²) in [5.74, 6) is -0.298. The van der Waals surface area contributed by atoms with Crippen LogP contribution in [0.15, 0.2) is 64.1 Å². The molecule has 2 aromatic carbocycles. The molecule has 4 rings (SSSR count). The number of sulfone groups is 1. The number of benzene rings is 2. The van der Waals surface area contributed by atoms with E-state index in [-0.39, 0.29) is 45.9 Å². The number of aromatic nitrogens is 3. The van der Waals surface area contributed by atoms with E-state index in [0.29, 0.717) is 23.4 Å². The predicted molar refractivity (Wildman–Crippen MR) is 142 cm³/mol.